The lowest BCUT2D eigenvalue weighted by Gasteiger charge is -2.15. The Hall–Kier alpha value is -1.72. The highest BCUT2D eigenvalue weighted by molar-refractivity contribution is 7.98. The Labute approximate surface area is 149 Å². The van der Waals surface area contributed by atoms with E-state index in [-0.39, 0.29) is 6.09 Å². The Morgan fingerprint density at radius 2 is 1.71 bits per heavy atom. The predicted molar refractivity (Wildman–Crippen MR) is 106 cm³/mol. The van der Waals surface area contributed by atoms with Crippen molar-refractivity contribution in [3.05, 3.63) is 60.2 Å². The minimum Gasteiger partial charge on any atom is -0.450 e. The van der Waals surface area contributed by atoms with Crippen molar-refractivity contribution >= 4 is 31.6 Å². The van der Waals surface area contributed by atoms with Crippen molar-refractivity contribution < 1.29 is 9.53 Å². The number of anilines is 1. The molecule has 0 fully saturated rings. The third-order valence-corrected chi connectivity index (χ3v) is 6.22. The fourth-order valence-corrected chi connectivity index (χ4v) is 3.56. The van der Waals surface area contributed by atoms with Crippen molar-refractivity contribution in [1.82, 2.24) is 0 Å². The maximum Gasteiger partial charge on any atom is 0.411 e. The number of benzene rings is 2. The molecular formula is C19H25NO2SSi. The van der Waals surface area contributed by atoms with Gasteiger partial charge in [-0.3, -0.25) is 5.32 Å². The molecule has 0 bridgehead atoms. The lowest BCUT2D eigenvalue weighted by Crippen LogP contribution is -2.24. The molecule has 0 aromatic heterocycles. The number of hydrogen-bond donors (Lipinski definition) is 1. The van der Waals surface area contributed by atoms with Crippen LogP contribution in [0.3, 0.4) is 0 Å². The minimum atomic E-state index is -1.17. The second-order valence-corrected chi connectivity index (χ2v) is 13.5. The predicted octanol–water partition coefficient (Wildman–Crippen LogP) is 5.87. The summed E-state index contributed by atoms with van der Waals surface area (Å²) >= 11 is 1.80. The first-order valence-electron chi connectivity index (χ1n) is 8.13. The van der Waals surface area contributed by atoms with E-state index in [1.54, 1.807) is 11.8 Å². The molecule has 0 atom stereocenters. The maximum atomic E-state index is 11.8. The molecule has 1 N–H and O–H groups in total. The lowest BCUT2D eigenvalue weighted by molar-refractivity contribution is 0.167. The van der Waals surface area contributed by atoms with Crippen molar-refractivity contribution in [2.75, 3.05) is 11.9 Å². The van der Waals surface area contributed by atoms with Crippen molar-refractivity contribution in [3.8, 4) is 0 Å². The van der Waals surface area contributed by atoms with Gasteiger partial charge in [0.15, 0.2) is 0 Å². The van der Waals surface area contributed by atoms with E-state index in [0.29, 0.717) is 6.61 Å². The van der Waals surface area contributed by atoms with Crippen molar-refractivity contribution in [3.63, 3.8) is 0 Å². The van der Waals surface area contributed by atoms with Crippen LogP contribution in [0.15, 0.2) is 59.5 Å². The molecule has 2 aromatic rings. The van der Waals surface area contributed by atoms with Crippen LogP contribution >= 0.6 is 11.8 Å². The van der Waals surface area contributed by atoms with Gasteiger partial charge in [0.05, 0.1) is 6.61 Å². The third kappa shape index (κ3) is 7.23. The van der Waals surface area contributed by atoms with Crippen LogP contribution in [0.4, 0.5) is 10.5 Å². The molecule has 2 rings (SSSR count). The third-order valence-electron chi connectivity index (χ3n) is 3.43. The summed E-state index contributed by atoms with van der Waals surface area (Å²) < 4.78 is 5.24. The van der Waals surface area contributed by atoms with Crippen LogP contribution in [0.1, 0.15) is 5.56 Å². The number of thioether (sulfide) groups is 1. The van der Waals surface area contributed by atoms with Gasteiger partial charge in [-0.05, 0) is 35.9 Å². The Bertz CT molecular complexity index is 639. The van der Waals surface area contributed by atoms with E-state index in [0.717, 1.165) is 17.5 Å². The van der Waals surface area contributed by atoms with E-state index < -0.39 is 8.07 Å². The van der Waals surface area contributed by atoms with Crippen molar-refractivity contribution in [2.45, 2.75) is 36.3 Å². The zero-order valence-corrected chi connectivity index (χ0v) is 16.4. The van der Waals surface area contributed by atoms with Crippen LogP contribution in [0, 0.1) is 0 Å². The Morgan fingerprint density at radius 1 is 1.04 bits per heavy atom. The van der Waals surface area contributed by atoms with Crippen molar-refractivity contribution in [1.29, 1.82) is 0 Å². The quantitative estimate of drug-likeness (QED) is 0.496. The van der Waals surface area contributed by atoms with Gasteiger partial charge in [0.2, 0.25) is 0 Å². The first-order valence-corrected chi connectivity index (χ1v) is 12.8. The summed E-state index contributed by atoms with van der Waals surface area (Å²) in [5.74, 6) is 0.908. The largest absolute Gasteiger partial charge is 0.450 e. The summed E-state index contributed by atoms with van der Waals surface area (Å²) in [6.07, 6.45) is -0.375. The monoisotopic (exact) mass is 359 g/mol. The summed E-state index contributed by atoms with van der Waals surface area (Å²) in [5, 5.41) is 2.78. The number of nitrogens with one attached hydrogen (secondary N) is 1. The van der Waals surface area contributed by atoms with Gasteiger partial charge in [-0.25, -0.2) is 4.79 Å². The molecular weight excluding hydrogens is 334 g/mol. The standard InChI is InChI=1S/C19H25NO2SSi/c1-24(2,3)14-13-22-19(21)20-17-11-9-16(10-12-17)15-23-18-7-5-4-6-8-18/h4-12H,13-15H2,1-3H3,(H,20,21). The van der Waals surface area contributed by atoms with Crippen LogP contribution in [0.25, 0.3) is 0 Å². The Kier molecular flexibility index (Phi) is 6.94. The van der Waals surface area contributed by atoms with Gasteiger partial charge in [-0.2, -0.15) is 0 Å². The number of ether oxygens (including phenoxy) is 1. The maximum absolute atomic E-state index is 11.8. The molecule has 0 radical (unpaired) electrons. The van der Waals surface area contributed by atoms with E-state index in [4.69, 9.17) is 4.74 Å². The number of rotatable bonds is 7. The van der Waals surface area contributed by atoms with Gasteiger partial charge in [-0.1, -0.05) is 50.0 Å². The number of amides is 1. The SMILES string of the molecule is C[Si](C)(C)CCOC(=O)Nc1ccc(CSc2ccccc2)cc1. The highest BCUT2D eigenvalue weighted by Crippen LogP contribution is 2.23. The number of carbonyl (C=O) groups excluding carboxylic acids is 1. The molecule has 128 valence electrons. The first kappa shape index (κ1) is 18.6. The molecule has 0 saturated carbocycles. The van der Waals surface area contributed by atoms with Gasteiger partial charge in [0.25, 0.3) is 0 Å². The summed E-state index contributed by atoms with van der Waals surface area (Å²) in [5.41, 5.74) is 1.99. The fourth-order valence-electron chi connectivity index (χ4n) is 1.97. The number of hydrogen-bond acceptors (Lipinski definition) is 3. The Balaban J connectivity index is 1.76. The molecule has 0 unspecified atom stereocenters. The molecule has 3 nitrogen and oxygen atoms in total. The zero-order valence-electron chi connectivity index (χ0n) is 14.5. The molecule has 1 amide bonds. The van der Waals surface area contributed by atoms with Gasteiger partial charge in [-0.15, -0.1) is 11.8 Å². The van der Waals surface area contributed by atoms with E-state index in [1.807, 2.05) is 42.5 Å². The molecule has 0 aliphatic carbocycles. The summed E-state index contributed by atoms with van der Waals surface area (Å²) in [6.45, 7) is 7.29. The number of carbonyl (C=O) groups is 1. The topological polar surface area (TPSA) is 38.3 Å². The second kappa shape index (κ2) is 8.94. The molecule has 2 aromatic carbocycles. The average Bonchev–Trinajstić information content (AvgIpc) is 2.54. The van der Waals surface area contributed by atoms with Crippen LogP contribution in [0.5, 0.6) is 0 Å². The lowest BCUT2D eigenvalue weighted by atomic mass is 10.2. The highest BCUT2D eigenvalue weighted by Gasteiger charge is 2.13. The molecule has 24 heavy (non-hydrogen) atoms. The fraction of sp³-hybridized carbons (Fsp3) is 0.316. The van der Waals surface area contributed by atoms with E-state index in [1.165, 1.54) is 10.5 Å². The van der Waals surface area contributed by atoms with Gasteiger partial charge < -0.3 is 4.74 Å². The second-order valence-electron chi connectivity index (χ2n) is 6.87. The zero-order chi connectivity index (χ0) is 17.4. The van der Waals surface area contributed by atoms with E-state index >= 15 is 0 Å². The summed E-state index contributed by atoms with van der Waals surface area (Å²) in [4.78, 5) is 13.0. The van der Waals surface area contributed by atoms with Crippen LogP contribution < -0.4 is 5.32 Å². The van der Waals surface area contributed by atoms with Crippen LogP contribution in [-0.2, 0) is 10.5 Å². The van der Waals surface area contributed by atoms with E-state index in [2.05, 4.69) is 37.1 Å². The van der Waals surface area contributed by atoms with Crippen LogP contribution in [-0.4, -0.2) is 20.8 Å². The molecule has 5 heteroatoms. The van der Waals surface area contributed by atoms with Crippen LogP contribution in [0.2, 0.25) is 25.7 Å². The average molecular weight is 360 g/mol. The summed E-state index contributed by atoms with van der Waals surface area (Å²) in [7, 11) is -1.17. The smallest absolute Gasteiger partial charge is 0.411 e. The molecule has 0 aliphatic heterocycles. The Morgan fingerprint density at radius 3 is 2.33 bits per heavy atom. The summed E-state index contributed by atoms with van der Waals surface area (Å²) in [6, 6.07) is 19.2. The van der Waals surface area contributed by atoms with E-state index in [9.17, 15) is 4.79 Å². The first-order chi connectivity index (χ1) is 11.4. The molecule has 0 heterocycles. The van der Waals surface area contributed by atoms with Crippen molar-refractivity contribution in [2.24, 2.45) is 0 Å². The van der Waals surface area contributed by atoms with Gasteiger partial charge in [0.1, 0.15) is 0 Å². The van der Waals surface area contributed by atoms with Gasteiger partial charge >= 0.3 is 6.09 Å². The molecule has 0 aliphatic rings. The minimum absolute atomic E-state index is 0.375. The van der Waals surface area contributed by atoms with Gasteiger partial charge in [0, 0.05) is 24.4 Å². The highest BCUT2D eigenvalue weighted by atomic mass is 32.2. The molecule has 0 saturated heterocycles. The normalized spacial score (nSPS) is 11.1. The molecule has 0 spiro atoms.